The Balaban J connectivity index is 2.51. The molecule has 1 aliphatic heterocycles. The van der Waals surface area contributed by atoms with E-state index in [0.29, 0.717) is 25.2 Å². The molecule has 1 rings (SSSR count). The predicted octanol–water partition coefficient (Wildman–Crippen LogP) is 1.47. The zero-order valence-electron chi connectivity index (χ0n) is 9.23. The Morgan fingerprint density at radius 3 is 2.71 bits per heavy atom. The number of likely N-dealkylation sites (N-methyl/N-ethyl adjacent to an activating group) is 1. The number of hydrogen-bond donors (Lipinski definition) is 1. The van der Waals surface area contributed by atoms with Crippen molar-refractivity contribution in [3.63, 3.8) is 0 Å². The fourth-order valence-corrected chi connectivity index (χ4v) is 1.88. The lowest BCUT2D eigenvalue weighted by molar-refractivity contribution is 0.0854. The maximum absolute atomic E-state index is 10.8. The van der Waals surface area contributed by atoms with Gasteiger partial charge in [-0.15, -0.1) is 0 Å². The third kappa shape index (κ3) is 2.61. The molecule has 0 aromatic heterocycles. The van der Waals surface area contributed by atoms with Gasteiger partial charge in [-0.1, -0.05) is 0 Å². The molecule has 14 heavy (non-hydrogen) atoms. The normalized spacial score (nSPS) is 23.2. The highest BCUT2D eigenvalue weighted by Crippen LogP contribution is 2.16. The molecule has 0 radical (unpaired) electrons. The predicted molar refractivity (Wildman–Crippen MR) is 55.5 cm³/mol. The monoisotopic (exact) mass is 200 g/mol. The minimum absolute atomic E-state index is 0.389. The zero-order valence-corrected chi connectivity index (χ0v) is 9.23. The first-order valence-corrected chi connectivity index (χ1v) is 5.22. The van der Waals surface area contributed by atoms with Crippen molar-refractivity contribution in [2.24, 2.45) is 0 Å². The molecule has 1 aliphatic rings. The third-order valence-corrected chi connectivity index (χ3v) is 3.06. The number of rotatable bonds is 2. The smallest absolute Gasteiger partial charge is 0.407 e. The lowest BCUT2D eigenvalue weighted by atomic mass is 10.0. The van der Waals surface area contributed by atoms with Gasteiger partial charge in [-0.2, -0.15) is 0 Å². The Hall–Kier alpha value is -0.770. The number of piperidine rings is 1. The maximum atomic E-state index is 10.8. The first kappa shape index (κ1) is 11.3. The minimum Gasteiger partial charge on any atom is -0.465 e. The first-order valence-electron chi connectivity index (χ1n) is 5.22. The van der Waals surface area contributed by atoms with E-state index in [-0.39, 0.29) is 0 Å². The van der Waals surface area contributed by atoms with E-state index in [4.69, 9.17) is 5.11 Å². The molecule has 0 unspecified atom stereocenters. The van der Waals surface area contributed by atoms with Gasteiger partial charge in [0.1, 0.15) is 0 Å². The van der Waals surface area contributed by atoms with Crippen LogP contribution in [-0.2, 0) is 0 Å². The summed E-state index contributed by atoms with van der Waals surface area (Å²) in [5.41, 5.74) is 0. The van der Waals surface area contributed by atoms with Gasteiger partial charge in [-0.25, -0.2) is 4.79 Å². The zero-order chi connectivity index (χ0) is 10.7. The van der Waals surface area contributed by atoms with E-state index in [1.807, 2.05) is 0 Å². The standard InChI is InChI=1S/C10H20N2O2/c1-8(2)11(3)9-5-4-6-12(7-9)10(13)14/h8-9H,4-7H2,1-3H3,(H,13,14)/t9-/m1/s1. The molecule has 1 atom stereocenters. The summed E-state index contributed by atoms with van der Waals surface area (Å²) in [6.07, 6.45) is 1.30. The maximum Gasteiger partial charge on any atom is 0.407 e. The second-order valence-electron chi connectivity index (χ2n) is 4.28. The Kier molecular flexibility index (Phi) is 3.75. The van der Waals surface area contributed by atoms with Crippen LogP contribution in [0.1, 0.15) is 26.7 Å². The van der Waals surface area contributed by atoms with Gasteiger partial charge in [0.15, 0.2) is 0 Å². The fourth-order valence-electron chi connectivity index (χ4n) is 1.88. The number of amides is 1. The summed E-state index contributed by atoms with van der Waals surface area (Å²) in [4.78, 5) is 14.6. The summed E-state index contributed by atoms with van der Waals surface area (Å²) in [5, 5.41) is 8.88. The topological polar surface area (TPSA) is 43.8 Å². The van der Waals surface area contributed by atoms with E-state index in [1.165, 1.54) is 4.90 Å². The van der Waals surface area contributed by atoms with Crippen molar-refractivity contribution in [2.75, 3.05) is 20.1 Å². The molecule has 4 nitrogen and oxygen atoms in total. The number of hydrogen-bond acceptors (Lipinski definition) is 2. The van der Waals surface area contributed by atoms with Crippen LogP contribution in [0.3, 0.4) is 0 Å². The highest BCUT2D eigenvalue weighted by Gasteiger charge is 2.26. The van der Waals surface area contributed by atoms with Gasteiger partial charge in [0, 0.05) is 25.2 Å². The van der Waals surface area contributed by atoms with E-state index in [2.05, 4.69) is 25.8 Å². The Morgan fingerprint density at radius 1 is 1.57 bits per heavy atom. The van der Waals surface area contributed by atoms with Crippen LogP contribution in [0, 0.1) is 0 Å². The molecule has 1 amide bonds. The molecule has 1 saturated heterocycles. The van der Waals surface area contributed by atoms with Gasteiger partial charge in [0.05, 0.1) is 0 Å². The Labute approximate surface area is 85.5 Å². The average Bonchev–Trinajstić information content (AvgIpc) is 2.16. The second kappa shape index (κ2) is 4.64. The van der Waals surface area contributed by atoms with E-state index in [1.54, 1.807) is 0 Å². The van der Waals surface area contributed by atoms with Crippen molar-refractivity contribution in [1.29, 1.82) is 0 Å². The number of carbonyl (C=O) groups is 1. The van der Waals surface area contributed by atoms with E-state index >= 15 is 0 Å². The largest absolute Gasteiger partial charge is 0.465 e. The van der Waals surface area contributed by atoms with Crippen LogP contribution < -0.4 is 0 Å². The van der Waals surface area contributed by atoms with Gasteiger partial charge in [0.25, 0.3) is 0 Å². The second-order valence-corrected chi connectivity index (χ2v) is 4.28. The number of carboxylic acid groups (broad SMARTS) is 1. The van der Waals surface area contributed by atoms with Crippen LogP contribution in [0.4, 0.5) is 4.79 Å². The van der Waals surface area contributed by atoms with Crippen molar-refractivity contribution < 1.29 is 9.90 Å². The Morgan fingerprint density at radius 2 is 2.21 bits per heavy atom. The van der Waals surface area contributed by atoms with Gasteiger partial charge in [-0.3, -0.25) is 4.90 Å². The van der Waals surface area contributed by atoms with E-state index in [9.17, 15) is 4.79 Å². The lowest BCUT2D eigenvalue weighted by Gasteiger charge is -2.38. The summed E-state index contributed by atoms with van der Waals surface area (Å²) in [6, 6.07) is 0.869. The summed E-state index contributed by atoms with van der Waals surface area (Å²) in [7, 11) is 2.07. The van der Waals surface area contributed by atoms with Crippen molar-refractivity contribution in [2.45, 2.75) is 38.8 Å². The molecule has 1 heterocycles. The average molecular weight is 200 g/mol. The molecular formula is C10H20N2O2. The van der Waals surface area contributed by atoms with Crippen molar-refractivity contribution in [1.82, 2.24) is 9.80 Å². The van der Waals surface area contributed by atoms with Crippen molar-refractivity contribution in [3.05, 3.63) is 0 Å². The SMILES string of the molecule is CC(C)N(C)[C@@H]1CCCN(C(=O)O)C1. The lowest BCUT2D eigenvalue weighted by Crippen LogP contribution is -2.50. The summed E-state index contributed by atoms with van der Waals surface area (Å²) >= 11 is 0. The number of likely N-dealkylation sites (tertiary alicyclic amines) is 1. The molecule has 82 valence electrons. The molecule has 4 heteroatoms. The molecule has 0 bridgehead atoms. The molecule has 0 aliphatic carbocycles. The molecule has 1 N–H and O–H groups in total. The van der Waals surface area contributed by atoms with Crippen LogP contribution in [0.15, 0.2) is 0 Å². The quantitative estimate of drug-likeness (QED) is 0.734. The van der Waals surface area contributed by atoms with Gasteiger partial charge in [-0.05, 0) is 33.7 Å². The van der Waals surface area contributed by atoms with Crippen LogP contribution >= 0.6 is 0 Å². The molecule has 0 spiro atoms. The van der Waals surface area contributed by atoms with Crippen LogP contribution in [0.2, 0.25) is 0 Å². The van der Waals surface area contributed by atoms with E-state index < -0.39 is 6.09 Å². The Bertz CT molecular complexity index is 206. The highest BCUT2D eigenvalue weighted by molar-refractivity contribution is 5.65. The van der Waals surface area contributed by atoms with Gasteiger partial charge >= 0.3 is 6.09 Å². The van der Waals surface area contributed by atoms with Gasteiger partial charge < -0.3 is 10.0 Å². The summed E-state index contributed by atoms with van der Waals surface area (Å²) in [6.45, 7) is 5.63. The third-order valence-electron chi connectivity index (χ3n) is 3.06. The van der Waals surface area contributed by atoms with Crippen molar-refractivity contribution in [3.8, 4) is 0 Å². The summed E-state index contributed by atoms with van der Waals surface area (Å²) in [5.74, 6) is 0. The van der Waals surface area contributed by atoms with Crippen LogP contribution in [0.5, 0.6) is 0 Å². The number of nitrogens with zero attached hydrogens (tertiary/aromatic N) is 2. The molecular weight excluding hydrogens is 180 g/mol. The minimum atomic E-state index is -0.785. The first-order chi connectivity index (χ1) is 6.52. The molecule has 0 saturated carbocycles. The summed E-state index contributed by atoms with van der Waals surface area (Å²) < 4.78 is 0. The fraction of sp³-hybridized carbons (Fsp3) is 0.900. The molecule has 0 aromatic rings. The van der Waals surface area contributed by atoms with Gasteiger partial charge in [0.2, 0.25) is 0 Å². The van der Waals surface area contributed by atoms with Crippen LogP contribution in [0.25, 0.3) is 0 Å². The highest BCUT2D eigenvalue weighted by atomic mass is 16.4. The van der Waals surface area contributed by atoms with Crippen LogP contribution in [-0.4, -0.2) is 53.2 Å². The molecule has 0 aromatic carbocycles. The van der Waals surface area contributed by atoms with Crippen molar-refractivity contribution >= 4 is 6.09 Å². The molecule has 1 fully saturated rings. The van der Waals surface area contributed by atoms with E-state index in [0.717, 1.165) is 12.8 Å².